The third-order valence-corrected chi connectivity index (χ3v) is 6.18. The van der Waals surface area contributed by atoms with Gasteiger partial charge in [0.2, 0.25) is 0 Å². The van der Waals surface area contributed by atoms with Crippen LogP contribution in [0.15, 0.2) is 18.5 Å². The van der Waals surface area contributed by atoms with Crippen LogP contribution in [0.3, 0.4) is 0 Å². The van der Waals surface area contributed by atoms with E-state index in [4.69, 9.17) is 34.6 Å². The van der Waals surface area contributed by atoms with Crippen molar-refractivity contribution in [3.63, 3.8) is 0 Å². The Hall–Kier alpha value is -3.79. The maximum atomic E-state index is 11.7. The molecule has 0 aliphatic carbocycles. The number of likely N-dealkylation sites (tertiary alicyclic amines) is 1. The molecule has 0 bridgehead atoms. The number of rotatable bonds is 3. The number of esters is 1. The number of nitrogens with one attached hydrogen (secondary N) is 1. The number of aliphatic carboxylic acids is 2. The van der Waals surface area contributed by atoms with Crippen molar-refractivity contribution >= 4 is 36.3 Å². The number of β-amino-alcohol motifs (C(OH)–C–C–N with tert-alkyl or cyclic N) is 2. The molecule has 4 unspecified atom stereocenters. The van der Waals surface area contributed by atoms with Crippen LogP contribution in [0.25, 0.3) is 0 Å². The summed E-state index contributed by atoms with van der Waals surface area (Å²) in [7, 11) is 2.27. The number of carbonyl (C=O) groups is 6. The second kappa shape index (κ2) is 27.0. The van der Waals surface area contributed by atoms with E-state index in [1.807, 2.05) is 0 Å². The first kappa shape index (κ1) is 56.5. The van der Waals surface area contributed by atoms with Crippen LogP contribution in [0, 0.1) is 11.8 Å². The monoisotopic (exact) mass is 815 g/mol. The number of aliphatic hydroxyl groups is 3. The summed E-state index contributed by atoms with van der Waals surface area (Å²) < 4.78 is 23.3. The molecular formula is C35H58N3NaO17. The van der Waals surface area contributed by atoms with E-state index in [1.165, 1.54) is 30.5 Å². The maximum absolute atomic E-state index is 11.7. The zero-order valence-corrected chi connectivity index (χ0v) is 36.3. The molecule has 4 atom stereocenters. The molecule has 1 amide bonds. The van der Waals surface area contributed by atoms with Gasteiger partial charge in [-0.2, -0.15) is 0 Å². The molecule has 2 saturated heterocycles. The first-order valence-corrected chi connectivity index (χ1v) is 16.9. The maximum Gasteiger partial charge on any atom is 1.00 e. The van der Waals surface area contributed by atoms with E-state index >= 15 is 0 Å². The van der Waals surface area contributed by atoms with E-state index in [2.05, 4.69) is 19.8 Å². The quantitative estimate of drug-likeness (QED) is 0.0871. The molecule has 0 aromatic carbocycles. The topological polar surface area (TPSA) is 301 Å². The predicted octanol–water partition coefficient (Wildman–Crippen LogP) is -1.54. The van der Waals surface area contributed by atoms with E-state index in [-0.39, 0.29) is 60.4 Å². The van der Waals surface area contributed by atoms with Gasteiger partial charge in [0.05, 0.1) is 37.0 Å². The number of methoxy groups -OCH3 is 1. The number of piperidine rings is 2. The summed E-state index contributed by atoms with van der Waals surface area (Å²) in [5.74, 6) is -3.89. The Morgan fingerprint density at radius 2 is 1.27 bits per heavy atom. The van der Waals surface area contributed by atoms with Crippen molar-refractivity contribution in [2.24, 2.45) is 11.8 Å². The molecule has 1 aromatic heterocycles. The van der Waals surface area contributed by atoms with E-state index in [9.17, 15) is 39.0 Å². The number of hydrogen-bond acceptors (Lipinski definition) is 18. The number of aliphatic hydroxyl groups excluding tert-OH is 3. The summed E-state index contributed by atoms with van der Waals surface area (Å²) >= 11 is 0. The van der Waals surface area contributed by atoms with E-state index in [0.717, 1.165) is 7.11 Å². The Balaban J connectivity index is -0.000000667. The number of carbonyl (C=O) groups excluding carboxylic acids is 5. The van der Waals surface area contributed by atoms with Crippen LogP contribution in [0.5, 0.6) is 5.75 Å². The number of carboxylic acid groups (broad SMARTS) is 2. The van der Waals surface area contributed by atoms with Gasteiger partial charge in [-0.1, -0.05) is 0 Å². The second-order valence-electron chi connectivity index (χ2n) is 14.8. The third kappa shape index (κ3) is 28.6. The van der Waals surface area contributed by atoms with Crippen molar-refractivity contribution < 1.29 is 113 Å². The molecule has 0 radical (unpaired) electrons. The third-order valence-electron chi connectivity index (χ3n) is 6.18. The van der Waals surface area contributed by atoms with Gasteiger partial charge in [0.1, 0.15) is 22.6 Å². The Labute approximate surface area is 349 Å². The summed E-state index contributed by atoms with van der Waals surface area (Å²) in [5, 5.41) is 56.3. The Morgan fingerprint density at radius 1 is 0.786 bits per heavy atom. The standard InChI is InChI=1S/C11H19NO5.C10H18O5.C7H7NO3.C6H11NO3.CH4O.Na/c1-11(2,3)17-10(16)12-5-7(9(14)15)4-8(13)6-12;1-9(2,3)14-7(11)13-8(12)15-10(4,5)6;1-11-7(10)5-2-6(9)4-8-3-5;8-5-1-4(6(9)10)2-7-3-5;1-2;/h7-8,13H,4-6H2,1-3H3,(H,14,15);1-6H3;2-4,9H,1H3;4-5,7-8H,1-3H2,(H,9,10);2H,1H3;/q;;;;;+1/p-1. The molecule has 2 fully saturated rings. The molecule has 1 aromatic rings. The number of amides is 1. The number of aromatic nitrogens is 1. The molecule has 0 saturated carbocycles. The number of carboxylic acids is 2. The fourth-order valence-corrected chi connectivity index (χ4v) is 4.09. The van der Waals surface area contributed by atoms with Crippen LogP contribution < -0.4 is 40.0 Å². The first-order valence-electron chi connectivity index (χ1n) is 16.9. The van der Waals surface area contributed by atoms with Crippen molar-refractivity contribution in [2.75, 3.05) is 40.4 Å². The van der Waals surface area contributed by atoms with Gasteiger partial charge in [0.25, 0.3) is 0 Å². The summed E-state index contributed by atoms with van der Waals surface area (Å²) in [6, 6.07) is 1.29. The van der Waals surface area contributed by atoms with Gasteiger partial charge < -0.3 is 69.3 Å². The fraction of sp³-hybridized carbons (Fsp3) is 0.686. The molecule has 3 rings (SSSR count). The first-order chi connectivity index (χ1) is 25.1. The largest absolute Gasteiger partial charge is 1.00 e. The number of hydrogen-bond donors (Lipinski definition) is 6. The van der Waals surface area contributed by atoms with Gasteiger partial charge in [-0.05, 0) is 81.2 Å². The minimum Gasteiger partial charge on any atom is -0.550 e. The Bertz CT molecular complexity index is 1350. The molecule has 0 spiro atoms. The van der Waals surface area contributed by atoms with Crippen LogP contribution >= 0.6 is 0 Å². The smallest absolute Gasteiger partial charge is 0.550 e. The van der Waals surface area contributed by atoms with Crippen LogP contribution in [0.1, 0.15) is 85.5 Å². The zero-order chi connectivity index (χ0) is 43.3. The van der Waals surface area contributed by atoms with Gasteiger partial charge in [0, 0.05) is 51.4 Å². The van der Waals surface area contributed by atoms with Crippen molar-refractivity contribution in [1.29, 1.82) is 0 Å². The van der Waals surface area contributed by atoms with Crippen LogP contribution in [-0.4, -0.2) is 141 Å². The van der Waals surface area contributed by atoms with Gasteiger partial charge >= 0.3 is 59.9 Å². The fourth-order valence-electron chi connectivity index (χ4n) is 4.09. The molecule has 2 aliphatic heterocycles. The molecule has 2 aliphatic rings. The number of aromatic hydroxyl groups is 1. The van der Waals surface area contributed by atoms with E-state index < -0.39 is 77.2 Å². The number of nitrogens with zero attached hydrogens (tertiary/aromatic N) is 2. The summed E-state index contributed by atoms with van der Waals surface area (Å²) in [6.45, 7) is 16.3. The van der Waals surface area contributed by atoms with Gasteiger partial charge in [-0.3, -0.25) is 9.78 Å². The van der Waals surface area contributed by atoms with E-state index in [1.54, 1.807) is 62.3 Å². The molecule has 3 heterocycles. The Morgan fingerprint density at radius 3 is 1.64 bits per heavy atom. The summed E-state index contributed by atoms with van der Waals surface area (Å²) in [6.07, 6.45) is -0.980. The average molecular weight is 816 g/mol. The van der Waals surface area contributed by atoms with Crippen molar-refractivity contribution in [1.82, 2.24) is 15.2 Å². The SMILES string of the molecule is CC(C)(C)OC(=O)N1CC(O)CC(C(=O)O)C1.CC(C)(C)OC(=O)OC(=O)OC(C)(C)C.CO.COC(=O)c1cncc(O)c1.O=C([O-])C1CNCC(O)C1.[Na+]. The summed E-state index contributed by atoms with van der Waals surface area (Å²) in [5.41, 5.74) is -1.77. The van der Waals surface area contributed by atoms with Crippen molar-refractivity contribution in [2.45, 2.75) is 104 Å². The normalized spacial score (nSPS) is 18.9. The molecule has 56 heavy (non-hydrogen) atoms. The number of ether oxygens (including phenoxy) is 5. The minimum atomic E-state index is -1.08. The minimum absolute atomic E-state index is 0. The van der Waals surface area contributed by atoms with Crippen molar-refractivity contribution in [3.05, 3.63) is 24.0 Å². The molecule has 6 N–H and O–H groups in total. The zero-order valence-electron chi connectivity index (χ0n) is 34.3. The van der Waals surface area contributed by atoms with Gasteiger partial charge in [0.15, 0.2) is 0 Å². The van der Waals surface area contributed by atoms with Crippen molar-refractivity contribution in [3.8, 4) is 5.75 Å². The molecule has 316 valence electrons. The van der Waals surface area contributed by atoms with E-state index in [0.29, 0.717) is 19.5 Å². The van der Waals surface area contributed by atoms with Crippen LogP contribution in [-0.2, 0) is 33.3 Å². The molecule has 21 heteroatoms. The van der Waals surface area contributed by atoms with Gasteiger partial charge in [-0.15, -0.1) is 0 Å². The summed E-state index contributed by atoms with van der Waals surface area (Å²) in [4.78, 5) is 70.5. The predicted molar refractivity (Wildman–Crippen MR) is 190 cm³/mol. The Kier molecular flexibility index (Phi) is 27.2. The molecular weight excluding hydrogens is 757 g/mol. The van der Waals surface area contributed by atoms with Gasteiger partial charge in [-0.25, -0.2) is 19.2 Å². The van der Waals surface area contributed by atoms with Crippen LogP contribution in [0.2, 0.25) is 0 Å². The average Bonchev–Trinajstić information content (AvgIpc) is 3.03. The second-order valence-corrected chi connectivity index (χ2v) is 14.8. The number of pyridine rings is 1. The van der Waals surface area contributed by atoms with Crippen LogP contribution in [0.4, 0.5) is 14.4 Å². The molecule has 20 nitrogen and oxygen atoms in total.